The van der Waals surface area contributed by atoms with Crippen LogP contribution in [0.1, 0.15) is 13.8 Å². The summed E-state index contributed by atoms with van der Waals surface area (Å²) in [6.07, 6.45) is 3.88. The Morgan fingerprint density at radius 2 is 1.42 bits per heavy atom. The highest BCUT2D eigenvalue weighted by atomic mass is 16.8. The normalized spacial score (nSPS) is 49.7. The van der Waals surface area contributed by atoms with E-state index in [0.717, 1.165) is 0 Å². The fourth-order valence-electron chi connectivity index (χ4n) is 4.21. The molecule has 3 aliphatic carbocycles. The van der Waals surface area contributed by atoms with Crippen LogP contribution in [0.3, 0.4) is 0 Å². The van der Waals surface area contributed by atoms with E-state index in [2.05, 4.69) is 0 Å². The molecule has 2 heterocycles. The average molecular weight is 263 g/mol. The van der Waals surface area contributed by atoms with Crippen LogP contribution in [0.2, 0.25) is 0 Å². The van der Waals surface area contributed by atoms with E-state index in [0.29, 0.717) is 0 Å². The minimum atomic E-state index is -0.630. The highest BCUT2D eigenvalue weighted by Crippen LogP contribution is 2.54. The van der Waals surface area contributed by atoms with Gasteiger partial charge in [0.2, 0.25) is 11.8 Å². The summed E-state index contributed by atoms with van der Waals surface area (Å²) in [4.78, 5) is 25.8. The molecular weight excluding hydrogens is 246 g/mol. The highest BCUT2D eigenvalue weighted by molar-refractivity contribution is 6.05. The molecule has 5 nitrogen and oxygen atoms in total. The number of amides is 2. The van der Waals surface area contributed by atoms with Gasteiger partial charge in [0.1, 0.15) is 0 Å². The van der Waals surface area contributed by atoms with Crippen molar-refractivity contribution in [3.63, 3.8) is 0 Å². The fourth-order valence-corrected chi connectivity index (χ4v) is 4.21. The minimum Gasteiger partial charge on any atom is -0.344 e. The minimum absolute atomic E-state index is 0.0387. The van der Waals surface area contributed by atoms with Gasteiger partial charge < -0.3 is 9.47 Å². The van der Waals surface area contributed by atoms with E-state index < -0.39 is 5.79 Å². The summed E-state index contributed by atoms with van der Waals surface area (Å²) >= 11 is 0. The Bertz CT molecular complexity index is 470. The number of hydrogen-bond donors (Lipinski definition) is 0. The van der Waals surface area contributed by atoms with Crippen molar-refractivity contribution in [2.45, 2.75) is 31.8 Å². The molecule has 0 N–H and O–H groups in total. The quantitative estimate of drug-likeness (QED) is 0.473. The lowest BCUT2D eigenvalue weighted by Gasteiger charge is -2.44. The number of imide groups is 1. The van der Waals surface area contributed by atoms with Crippen molar-refractivity contribution >= 4 is 11.8 Å². The van der Waals surface area contributed by atoms with Gasteiger partial charge in [-0.15, -0.1) is 0 Å². The molecule has 1 saturated carbocycles. The van der Waals surface area contributed by atoms with Crippen LogP contribution in [0.25, 0.3) is 0 Å². The molecule has 2 bridgehead atoms. The SMILES string of the molecule is CN1C(=O)[C@@H]2[C@@H]3C=C[C@@H]([C@@H]4OC(C)(C)O[C@H]34)[C@@H]2C1=O. The predicted molar refractivity (Wildman–Crippen MR) is 64.7 cm³/mol. The van der Waals surface area contributed by atoms with Crippen molar-refractivity contribution in [3.8, 4) is 0 Å². The Morgan fingerprint density at radius 3 is 1.84 bits per heavy atom. The Kier molecular flexibility index (Phi) is 2.00. The first kappa shape index (κ1) is 11.6. The molecule has 0 radical (unpaired) electrons. The number of hydrogen-bond acceptors (Lipinski definition) is 4. The highest BCUT2D eigenvalue weighted by Gasteiger charge is 2.65. The van der Waals surface area contributed by atoms with E-state index in [-0.39, 0.29) is 47.7 Å². The summed E-state index contributed by atoms with van der Waals surface area (Å²) in [5, 5.41) is 0. The monoisotopic (exact) mass is 263 g/mol. The van der Waals surface area contributed by atoms with Gasteiger partial charge in [0.15, 0.2) is 5.79 Å². The third kappa shape index (κ3) is 1.27. The molecule has 0 aromatic heterocycles. The molecule has 5 aliphatic rings. The van der Waals surface area contributed by atoms with Gasteiger partial charge >= 0.3 is 0 Å². The molecule has 5 heteroatoms. The van der Waals surface area contributed by atoms with E-state index in [1.54, 1.807) is 7.05 Å². The molecule has 0 aromatic rings. The zero-order valence-electron chi connectivity index (χ0n) is 11.2. The van der Waals surface area contributed by atoms with Crippen LogP contribution in [0.4, 0.5) is 0 Å². The van der Waals surface area contributed by atoms with Gasteiger partial charge in [0, 0.05) is 18.9 Å². The third-order valence-corrected chi connectivity index (χ3v) is 4.93. The lowest BCUT2D eigenvalue weighted by Crippen LogP contribution is -2.54. The molecule has 0 spiro atoms. The standard InChI is InChI=1S/C14H17NO4/c1-14(2)18-10-6-4-5-7(11(10)19-14)9-8(6)12(16)15(3)13(9)17/h4-11H,1-3H3/t6-,7+,8+,9-,10+,11-. The number of carbonyl (C=O) groups is 2. The first-order valence-electron chi connectivity index (χ1n) is 6.76. The molecule has 0 unspecified atom stereocenters. The molecular formula is C14H17NO4. The molecule has 0 aromatic carbocycles. The summed E-state index contributed by atoms with van der Waals surface area (Å²) in [6, 6.07) is 0. The molecule has 19 heavy (non-hydrogen) atoms. The lowest BCUT2D eigenvalue weighted by atomic mass is 9.60. The number of rotatable bonds is 0. The molecule has 5 rings (SSSR count). The van der Waals surface area contributed by atoms with Gasteiger partial charge in [-0.05, 0) is 13.8 Å². The summed E-state index contributed by atoms with van der Waals surface area (Å²) in [7, 11) is 1.57. The second-order valence-corrected chi connectivity index (χ2v) is 6.39. The second-order valence-electron chi connectivity index (χ2n) is 6.39. The largest absolute Gasteiger partial charge is 0.344 e. The van der Waals surface area contributed by atoms with Crippen LogP contribution in [-0.4, -0.2) is 41.8 Å². The molecule has 102 valence electrons. The van der Waals surface area contributed by atoms with Crippen molar-refractivity contribution in [1.29, 1.82) is 0 Å². The predicted octanol–water partition coefficient (Wildman–Crippen LogP) is 0.553. The van der Waals surface area contributed by atoms with Crippen molar-refractivity contribution in [1.82, 2.24) is 4.90 Å². The van der Waals surface area contributed by atoms with Crippen LogP contribution in [-0.2, 0) is 19.1 Å². The van der Waals surface area contributed by atoms with E-state index in [1.165, 1.54) is 4.90 Å². The Labute approximate surface area is 111 Å². The first-order chi connectivity index (χ1) is 8.91. The topological polar surface area (TPSA) is 55.8 Å². The van der Waals surface area contributed by atoms with Gasteiger partial charge in [-0.3, -0.25) is 14.5 Å². The lowest BCUT2D eigenvalue weighted by molar-refractivity contribution is -0.152. The van der Waals surface area contributed by atoms with Gasteiger partial charge in [-0.25, -0.2) is 0 Å². The third-order valence-electron chi connectivity index (χ3n) is 4.93. The maximum Gasteiger partial charge on any atom is 0.233 e. The van der Waals surface area contributed by atoms with Crippen LogP contribution in [0.5, 0.6) is 0 Å². The second kappa shape index (κ2) is 3.27. The maximum atomic E-state index is 12.3. The summed E-state index contributed by atoms with van der Waals surface area (Å²) in [5.41, 5.74) is 0. The zero-order chi connectivity index (χ0) is 13.5. The van der Waals surface area contributed by atoms with E-state index in [9.17, 15) is 9.59 Å². The summed E-state index contributed by atoms with van der Waals surface area (Å²) in [5.74, 6) is -1.36. The number of carbonyl (C=O) groups excluding carboxylic acids is 2. The van der Waals surface area contributed by atoms with Crippen molar-refractivity contribution in [2.24, 2.45) is 23.7 Å². The smallest absolute Gasteiger partial charge is 0.233 e. The molecule has 2 aliphatic heterocycles. The van der Waals surface area contributed by atoms with Crippen LogP contribution < -0.4 is 0 Å². The Hall–Kier alpha value is -1.20. The van der Waals surface area contributed by atoms with Gasteiger partial charge in [-0.1, -0.05) is 12.2 Å². The number of ether oxygens (including phenoxy) is 2. The Balaban J connectivity index is 1.79. The summed E-state index contributed by atoms with van der Waals surface area (Å²) < 4.78 is 11.9. The number of nitrogens with zero attached hydrogens (tertiary/aromatic N) is 1. The zero-order valence-corrected chi connectivity index (χ0v) is 11.2. The van der Waals surface area contributed by atoms with Crippen molar-refractivity contribution in [2.75, 3.05) is 7.05 Å². The van der Waals surface area contributed by atoms with Crippen molar-refractivity contribution < 1.29 is 19.1 Å². The number of likely N-dealkylation sites (tertiary alicyclic amines) is 1. The first-order valence-corrected chi connectivity index (χ1v) is 6.76. The van der Waals surface area contributed by atoms with E-state index in [1.807, 2.05) is 26.0 Å². The van der Waals surface area contributed by atoms with Gasteiger partial charge in [-0.2, -0.15) is 0 Å². The van der Waals surface area contributed by atoms with Crippen LogP contribution >= 0.6 is 0 Å². The van der Waals surface area contributed by atoms with E-state index in [4.69, 9.17) is 9.47 Å². The molecule has 2 amide bonds. The van der Waals surface area contributed by atoms with Crippen LogP contribution in [0.15, 0.2) is 12.2 Å². The van der Waals surface area contributed by atoms with Crippen molar-refractivity contribution in [3.05, 3.63) is 12.2 Å². The van der Waals surface area contributed by atoms with Gasteiger partial charge in [0.25, 0.3) is 0 Å². The fraction of sp³-hybridized carbons (Fsp3) is 0.714. The van der Waals surface area contributed by atoms with Gasteiger partial charge in [0.05, 0.1) is 24.0 Å². The van der Waals surface area contributed by atoms with E-state index >= 15 is 0 Å². The summed E-state index contributed by atoms with van der Waals surface area (Å²) in [6.45, 7) is 3.77. The molecule has 6 atom stereocenters. The maximum absolute atomic E-state index is 12.3. The average Bonchev–Trinajstić information content (AvgIpc) is 2.81. The Morgan fingerprint density at radius 1 is 1.00 bits per heavy atom. The molecule has 3 fully saturated rings. The van der Waals surface area contributed by atoms with Crippen LogP contribution in [0, 0.1) is 23.7 Å². The molecule has 2 saturated heterocycles.